The normalized spacial score (nSPS) is 12.6. The standard InChI is InChI=1S/C12H14N2OS/c1-2-9(7-15)11-8-16-12(14-11)10-4-3-5-13-6-10/h3-6,8-9,15H,2,7H2,1H3. The smallest absolute Gasteiger partial charge is 0.125 e. The fraction of sp³-hybridized carbons (Fsp3) is 0.333. The second-order valence-electron chi connectivity index (χ2n) is 3.61. The van der Waals surface area contributed by atoms with E-state index in [1.807, 2.05) is 23.7 Å². The van der Waals surface area contributed by atoms with Crippen LogP contribution in [0, 0.1) is 0 Å². The summed E-state index contributed by atoms with van der Waals surface area (Å²) in [4.78, 5) is 8.61. The molecule has 0 aliphatic carbocycles. The van der Waals surface area contributed by atoms with E-state index in [1.54, 1.807) is 17.5 Å². The second kappa shape index (κ2) is 5.18. The maximum Gasteiger partial charge on any atom is 0.125 e. The summed E-state index contributed by atoms with van der Waals surface area (Å²) >= 11 is 1.60. The highest BCUT2D eigenvalue weighted by Gasteiger charge is 2.12. The van der Waals surface area contributed by atoms with Crippen molar-refractivity contribution in [3.8, 4) is 10.6 Å². The van der Waals surface area contributed by atoms with Crippen molar-refractivity contribution in [1.82, 2.24) is 9.97 Å². The minimum atomic E-state index is 0.154. The molecule has 0 saturated carbocycles. The molecule has 84 valence electrons. The maximum atomic E-state index is 9.21. The zero-order valence-corrected chi connectivity index (χ0v) is 9.94. The molecule has 1 unspecified atom stereocenters. The van der Waals surface area contributed by atoms with Crippen LogP contribution in [-0.4, -0.2) is 21.7 Å². The van der Waals surface area contributed by atoms with Crippen LogP contribution < -0.4 is 0 Å². The first-order valence-corrected chi connectivity index (χ1v) is 6.19. The van der Waals surface area contributed by atoms with Crippen molar-refractivity contribution in [1.29, 1.82) is 0 Å². The summed E-state index contributed by atoms with van der Waals surface area (Å²) in [5, 5.41) is 12.2. The predicted molar refractivity (Wildman–Crippen MR) is 65.5 cm³/mol. The van der Waals surface area contributed by atoms with Crippen LogP contribution in [0.2, 0.25) is 0 Å². The van der Waals surface area contributed by atoms with Gasteiger partial charge in [0.05, 0.1) is 12.3 Å². The van der Waals surface area contributed by atoms with Crippen LogP contribution >= 0.6 is 11.3 Å². The topological polar surface area (TPSA) is 46.0 Å². The van der Waals surface area contributed by atoms with Crippen molar-refractivity contribution in [2.75, 3.05) is 6.61 Å². The first kappa shape index (κ1) is 11.2. The van der Waals surface area contributed by atoms with Gasteiger partial charge in [0.2, 0.25) is 0 Å². The molecule has 1 atom stereocenters. The number of hydrogen-bond acceptors (Lipinski definition) is 4. The highest BCUT2D eigenvalue weighted by atomic mass is 32.1. The lowest BCUT2D eigenvalue weighted by atomic mass is 10.1. The summed E-state index contributed by atoms with van der Waals surface area (Å²) in [6.07, 6.45) is 4.47. The predicted octanol–water partition coefficient (Wildman–Crippen LogP) is 2.69. The Hall–Kier alpha value is -1.26. The lowest BCUT2D eigenvalue weighted by molar-refractivity contribution is 0.260. The molecule has 0 bridgehead atoms. The molecule has 0 fully saturated rings. The molecule has 2 heterocycles. The Kier molecular flexibility index (Phi) is 3.64. The summed E-state index contributed by atoms with van der Waals surface area (Å²) in [5.74, 6) is 0.154. The Morgan fingerprint density at radius 3 is 3.00 bits per heavy atom. The van der Waals surface area contributed by atoms with Gasteiger partial charge in [-0.2, -0.15) is 0 Å². The van der Waals surface area contributed by atoms with Crippen molar-refractivity contribution < 1.29 is 5.11 Å². The molecule has 3 nitrogen and oxygen atoms in total. The van der Waals surface area contributed by atoms with E-state index in [1.165, 1.54) is 0 Å². The van der Waals surface area contributed by atoms with Gasteiger partial charge in [-0.15, -0.1) is 11.3 Å². The highest BCUT2D eigenvalue weighted by Crippen LogP contribution is 2.27. The number of aromatic nitrogens is 2. The number of aliphatic hydroxyl groups is 1. The van der Waals surface area contributed by atoms with Crippen LogP contribution in [0.3, 0.4) is 0 Å². The average molecular weight is 234 g/mol. The van der Waals surface area contributed by atoms with Gasteiger partial charge < -0.3 is 5.11 Å². The van der Waals surface area contributed by atoms with Crippen molar-refractivity contribution >= 4 is 11.3 Å². The number of aliphatic hydroxyl groups excluding tert-OH is 1. The minimum absolute atomic E-state index is 0.154. The van der Waals surface area contributed by atoms with Crippen molar-refractivity contribution in [2.45, 2.75) is 19.3 Å². The molecule has 2 aromatic rings. The fourth-order valence-electron chi connectivity index (χ4n) is 1.53. The molecule has 4 heteroatoms. The summed E-state index contributed by atoms with van der Waals surface area (Å²) in [6, 6.07) is 3.90. The van der Waals surface area contributed by atoms with E-state index in [-0.39, 0.29) is 12.5 Å². The SMILES string of the molecule is CCC(CO)c1csc(-c2cccnc2)n1. The van der Waals surface area contributed by atoms with Crippen molar-refractivity contribution in [3.05, 3.63) is 35.6 Å². The minimum Gasteiger partial charge on any atom is -0.396 e. The number of pyridine rings is 1. The van der Waals surface area contributed by atoms with Gasteiger partial charge in [0.1, 0.15) is 5.01 Å². The Morgan fingerprint density at radius 1 is 1.50 bits per heavy atom. The van der Waals surface area contributed by atoms with Gasteiger partial charge in [-0.3, -0.25) is 4.98 Å². The Bertz CT molecular complexity index is 437. The number of nitrogens with zero attached hydrogens (tertiary/aromatic N) is 2. The van der Waals surface area contributed by atoms with Crippen LogP contribution in [0.15, 0.2) is 29.9 Å². The molecule has 2 aromatic heterocycles. The van der Waals surface area contributed by atoms with E-state index in [0.717, 1.165) is 22.7 Å². The molecule has 1 N–H and O–H groups in total. The van der Waals surface area contributed by atoms with Gasteiger partial charge in [-0.1, -0.05) is 6.92 Å². The van der Waals surface area contributed by atoms with Gasteiger partial charge in [0.15, 0.2) is 0 Å². The van der Waals surface area contributed by atoms with Gasteiger partial charge in [0, 0.05) is 29.3 Å². The van der Waals surface area contributed by atoms with E-state index >= 15 is 0 Å². The molecule has 0 saturated heterocycles. The van der Waals surface area contributed by atoms with Crippen LogP contribution in [-0.2, 0) is 0 Å². The summed E-state index contributed by atoms with van der Waals surface area (Å²) in [7, 11) is 0. The highest BCUT2D eigenvalue weighted by molar-refractivity contribution is 7.13. The third-order valence-corrected chi connectivity index (χ3v) is 3.47. The Morgan fingerprint density at radius 2 is 2.38 bits per heavy atom. The van der Waals surface area contributed by atoms with E-state index in [2.05, 4.69) is 16.9 Å². The van der Waals surface area contributed by atoms with E-state index < -0.39 is 0 Å². The second-order valence-corrected chi connectivity index (χ2v) is 4.47. The maximum absolute atomic E-state index is 9.21. The van der Waals surface area contributed by atoms with Crippen LogP contribution in [0.25, 0.3) is 10.6 Å². The Balaban J connectivity index is 2.26. The lowest BCUT2D eigenvalue weighted by Crippen LogP contribution is -2.02. The van der Waals surface area contributed by atoms with Gasteiger partial charge in [-0.05, 0) is 18.6 Å². The fourth-order valence-corrected chi connectivity index (χ4v) is 2.42. The number of thiazole rings is 1. The van der Waals surface area contributed by atoms with Crippen LogP contribution in [0.5, 0.6) is 0 Å². The first-order chi connectivity index (χ1) is 7.85. The Labute approximate surface area is 98.8 Å². The molecule has 0 spiro atoms. The quantitative estimate of drug-likeness (QED) is 0.884. The average Bonchev–Trinajstić information content (AvgIpc) is 2.81. The molecule has 0 aromatic carbocycles. The van der Waals surface area contributed by atoms with Gasteiger partial charge >= 0.3 is 0 Å². The number of rotatable bonds is 4. The van der Waals surface area contributed by atoms with E-state index in [0.29, 0.717) is 0 Å². The summed E-state index contributed by atoms with van der Waals surface area (Å²) in [6.45, 7) is 2.22. The summed E-state index contributed by atoms with van der Waals surface area (Å²) in [5.41, 5.74) is 2.01. The van der Waals surface area contributed by atoms with Gasteiger partial charge in [0.25, 0.3) is 0 Å². The van der Waals surface area contributed by atoms with Crippen LogP contribution in [0.4, 0.5) is 0 Å². The van der Waals surface area contributed by atoms with Crippen molar-refractivity contribution in [3.63, 3.8) is 0 Å². The first-order valence-electron chi connectivity index (χ1n) is 5.31. The molecule has 0 aliphatic rings. The molecular weight excluding hydrogens is 220 g/mol. The van der Waals surface area contributed by atoms with E-state index in [9.17, 15) is 5.11 Å². The summed E-state index contributed by atoms with van der Waals surface area (Å²) < 4.78 is 0. The van der Waals surface area contributed by atoms with E-state index in [4.69, 9.17) is 0 Å². The molecule has 16 heavy (non-hydrogen) atoms. The monoisotopic (exact) mass is 234 g/mol. The van der Waals surface area contributed by atoms with Crippen LogP contribution in [0.1, 0.15) is 25.0 Å². The molecule has 0 amide bonds. The molecule has 0 aliphatic heterocycles. The lowest BCUT2D eigenvalue weighted by Gasteiger charge is -2.06. The number of hydrogen-bond donors (Lipinski definition) is 1. The third-order valence-electron chi connectivity index (χ3n) is 2.56. The zero-order valence-electron chi connectivity index (χ0n) is 9.13. The molecule has 2 rings (SSSR count). The molecule has 0 radical (unpaired) electrons. The van der Waals surface area contributed by atoms with Crippen molar-refractivity contribution in [2.24, 2.45) is 0 Å². The largest absolute Gasteiger partial charge is 0.396 e. The molecular formula is C12H14N2OS. The zero-order chi connectivity index (χ0) is 11.4. The third kappa shape index (κ3) is 2.28. The van der Waals surface area contributed by atoms with Gasteiger partial charge in [-0.25, -0.2) is 4.98 Å².